The van der Waals surface area contributed by atoms with Crippen molar-refractivity contribution >= 4 is 11.9 Å². The third-order valence-electron chi connectivity index (χ3n) is 4.96. The fraction of sp³-hybridized carbons (Fsp3) is 0.579. The van der Waals surface area contributed by atoms with E-state index in [0.717, 1.165) is 19.3 Å². The Bertz CT molecular complexity index is 539. The first-order valence-corrected chi connectivity index (χ1v) is 8.86. The average Bonchev–Trinajstić information content (AvgIpc) is 3.07. The van der Waals surface area contributed by atoms with E-state index in [2.05, 4.69) is 22.8 Å². The van der Waals surface area contributed by atoms with Crippen LogP contribution in [0.1, 0.15) is 51.0 Å². The van der Waals surface area contributed by atoms with Gasteiger partial charge in [0.25, 0.3) is 0 Å². The van der Waals surface area contributed by atoms with Crippen LogP contribution in [-0.4, -0.2) is 36.1 Å². The van der Waals surface area contributed by atoms with E-state index in [0.29, 0.717) is 13.0 Å². The molecule has 1 atom stereocenters. The highest BCUT2D eigenvalue weighted by molar-refractivity contribution is 5.80. The Balaban J connectivity index is 1.88. The van der Waals surface area contributed by atoms with E-state index >= 15 is 0 Å². The lowest BCUT2D eigenvalue weighted by atomic mass is 9.79. The number of benzene rings is 1. The first-order chi connectivity index (χ1) is 11.6. The quantitative estimate of drug-likeness (QED) is 0.649. The SMILES string of the molecule is CCCC(NCC(=O)NCC1(c2ccccc2)CCCC1)C(=O)O. The molecule has 2 rings (SSSR count). The van der Waals surface area contributed by atoms with E-state index in [4.69, 9.17) is 5.11 Å². The standard InChI is InChI=1S/C19H28N2O3/c1-2-8-16(18(23)24)20-13-17(22)21-14-19(11-6-7-12-19)15-9-4-3-5-10-15/h3-5,9-10,16,20H,2,6-8,11-14H2,1H3,(H,21,22)(H,23,24). The predicted molar refractivity (Wildman–Crippen MR) is 93.9 cm³/mol. The molecule has 0 saturated heterocycles. The Kier molecular flexibility index (Phi) is 6.79. The molecule has 1 unspecified atom stereocenters. The molecule has 3 N–H and O–H groups in total. The minimum absolute atomic E-state index is 0.0204. The zero-order valence-corrected chi connectivity index (χ0v) is 14.4. The van der Waals surface area contributed by atoms with Gasteiger partial charge in [0.2, 0.25) is 5.91 Å². The van der Waals surface area contributed by atoms with Crippen LogP contribution in [0.4, 0.5) is 0 Å². The Morgan fingerprint density at radius 3 is 2.46 bits per heavy atom. The van der Waals surface area contributed by atoms with Crippen molar-refractivity contribution in [2.75, 3.05) is 13.1 Å². The Hall–Kier alpha value is -1.88. The van der Waals surface area contributed by atoms with Gasteiger partial charge in [0.1, 0.15) is 6.04 Å². The summed E-state index contributed by atoms with van der Waals surface area (Å²) in [5, 5.41) is 15.0. The predicted octanol–water partition coefficient (Wildman–Crippen LogP) is 2.46. The maximum Gasteiger partial charge on any atom is 0.320 e. The molecule has 5 heteroatoms. The van der Waals surface area contributed by atoms with Crippen LogP contribution in [0, 0.1) is 0 Å². The average molecular weight is 332 g/mol. The van der Waals surface area contributed by atoms with Crippen molar-refractivity contribution < 1.29 is 14.7 Å². The summed E-state index contributed by atoms with van der Waals surface area (Å²) in [4.78, 5) is 23.2. The van der Waals surface area contributed by atoms with Crippen molar-refractivity contribution in [3.05, 3.63) is 35.9 Å². The molecule has 1 saturated carbocycles. The fourth-order valence-corrected chi connectivity index (χ4v) is 3.56. The summed E-state index contributed by atoms with van der Waals surface area (Å²) in [5.41, 5.74) is 1.30. The lowest BCUT2D eigenvalue weighted by molar-refractivity contribution is -0.139. The first kappa shape index (κ1) is 18.5. The molecule has 1 aromatic rings. The molecule has 1 amide bonds. The number of nitrogens with one attached hydrogen (secondary N) is 2. The highest BCUT2D eigenvalue weighted by atomic mass is 16.4. The summed E-state index contributed by atoms with van der Waals surface area (Å²) in [6.07, 6.45) is 5.82. The third kappa shape index (κ3) is 4.81. The molecular formula is C19H28N2O3. The van der Waals surface area contributed by atoms with Crippen molar-refractivity contribution in [1.82, 2.24) is 10.6 Å². The number of aliphatic carboxylic acids is 1. The Labute approximate surface area is 143 Å². The topological polar surface area (TPSA) is 78.4 Å². The fourth-order valence-electron chi connectivity index (χ4n) is 3.56. The third-order valence-corrected chi connectivity index (χ3v) is 4.96. The van der Waals surface area contributed by atoms with E-state index in [9.17, 15) is 9.59 Å². The number of hydrogen-bond acceptors (Lipinski definition) is 3. The minimum Gasteiger partial charge on any atom is -0.480 e. The molecule has 1 aliphatic rings. The first-order valence-electron chi connectivity index (χ1n) is 8.86. The largest absolute Gasteiger partial charge is 0.480 e. The van der Waals surface area contributed by atoms with Crippen LogP contribution < -0.4 is 10.6 Å². The molecular weight excluding hydrogens is 304 g/mol. The van der Waals surface area contributed by atoms with Gasteiger partial charge >= 0.3 is 5.97 Å². The monoisotopic (exact) mass is 332 g/mol. The van der Waals surface area contributed by atoms with Crippen LogP contribution in [-0.2, 0) is 15.0 Å². The van der Waals surface area contributed by atoms with Crippen LogP contribution in [0.15, 0.2) is 30.3 Å². The number of carbonyl (C=O) groups excluding carboxylic acids is 1. The number of rotatable bonds is 9. The van der Waals surface area contributed by atoms with Gasteiger partial charge in [-0.05, 0) is 24.8 Å². The second-order valence-corrected chi connectivity index (χ2v) is 6.69. The van der Waals surface area contributed by atoms with Crippen molar-refractivity contribution in [1.29, 1.82) is 0 Å². The smallest absolute Gasteiger partial charge is 0.320 e. The second-order valence-electron chi connectivity index (χ2n) is 6.69. The minimum atomic E-state index is -0.902. The van der Waals surface area contributed by atoms with Gasteiger partial charge in [-0.25, -0.2) is 0 Å². The van der Waals surface area contributed by atoms with E-state index in [1.54, 1.807) is 0 Å². The van der Waals surface area contributed by atoms with Crippen molar-refractivity contribution in [2.24, 2.45) is 0 Å². The summed E-state index contributed by atoms with van der Waals surface area (Å²) in [6.45, 7) is 2.59. The number of carboxylic acid groups (broad SMARTS) is 1. The van der Waals surface area contributed by atoms with Crippen LogP contribution in [0.25, 0.3) is 0 Å². The number of carboxylic acids is 1. The molecule has 1 fully saturated rings. The molecule has 132 valence electrons. The highest BCUT2D eigenvalue weighted by Crippen LogP contribution is 2.40. The molecule has 5 nitrogen and oxygen atoms in total. The van der Waals surface area contributed by atoms with Gasteiger partial charge in [-0.15, -0.1) is 0 Å². The summed E-state index contributed by atoms with van der Waals surface area (Å²) in [7, 11) is 0. The lowest BCUT2D eigenvalue weighted by Crippen LogP contribution is -2.46. The van der Waals surface area contributed by atoms with Crippen LogP contribution >= 0.6 is 0 Å². The number of carbonyl (C=O) groups is 2. The number of amides is 1. The van der Waals surface area contributed by atoms with E-state index in [-0.39, 0.29) is 17.9 Å². The van der Waals surface area contributed by atoms with Gasteiger partial charge in [-0.2, -0.15) is 0 Å². The molecule has 0 radical (unpaired) electrons. The van der Waals surface area contributed by atoms with E-state index < -0.39 is 12.0 Å². The van der Waals surface area contributed by atoms with Gasteiger partial charge in [-0.3, -0.25) is 14.9 Å². The normalized spacial score (nSPS) is 17.4. The number of hydrogen-bond donors (Lipinski definition) is 3. The summed E-state index contributed by atoms with van der Waals surface area (Å²) < 4.78 is 0. The zero-order chi connectivity index (χ0) is 17.4. The van der Waals surface area contributed by atoms with Crippen LogP contribution in [0.5, 0.6) is 0 Å². The Morgan fingerprint density at radius 2 is 1.88 bits per heavy atom. The van der Waals surface area contributed by atoms with E-state index in [1.807, 2.05) is 25.1 Å². The lowest BCUT2D eigenvalue weighted by Gasteiger charge is -2.30. The van der Waals surface area contributed by atoms with Crippen LogP contribution in [0.3, 0.4) is 0 Å². The highest BCUT2D eigenvalue weighted by Gasteiger charge is 2.35. The maximum absolute atomic E-state index is 12.1. The van der Waals surface area contributed by atoms with Crippen LogP contribution in [0.2, 0.25) is 0 Å². The summed E-state index contributed by atoms with van der Waals surface area (Å²) in [6, 6.07) is 9.71. The van der Waals surface area contributed by atoms with Crippen molar-refractivity contribution in [2.45, 2.75) is 56.9 Å². The molecule has 0 aromatic heterocycles. The van der Waals surface area contributed by atoms with E-state index in [1.165, 1.54) is 18.4 Å². The molecule has 0 aliphatic heterocycles. The maximum atomic E-state index is 12.1. The second kappa shape index (κ2) is 8.83. The van der Waals surface area contributed by atoms with Gasteiger partial charge in [0.05, 0.1) is 6.54 Å². The van der Waals surface area contributed by atoms with Gasteiger partial charge in [0.15, 0.2) is 0 Å². The molecule has 0 heterocycles. The van der Waals surface area contributed by atoms with Crippen molar-refractivity contribution in [3.63, 3.8) is 0 Å². The summed E-state index contributed by atoms with van der Waals surface area (Å²) in [5.74, 6) is -1.04. The van der Waals surface area contributed by atoms with Gasteiger partial charge in [-0.1, -0.05) is 56.5 Å². The summed E-state index contributed by atoms with van der Waals surface area (Å²) >= 11 is 0. The molecule has 1 aliphatic carbocycles. The molecule has 0 spiro atoms. The Morgan fingerprint density at radius 1 is 1.21 bits per heavy atom. The molecule has 1 aromatic carbocycles. The molecule has 0 bridgehead atoms. The van der Waals surface area contributed by atoms with Crippen molar-refractivity contribution in [3.8, 4) is 0 Å². The van der Waals surface area contributed by atoms with Gasteiger partial charge in [0, 0.05) is 12.0 Å². The molecule has 24 heavy (non-hydrogen) atoms. The van der Waals surface area contributed by atoms with Gasteiger partial charge < -0.3 is 10.4 Å². The zero-order valence-electron chi connectivity index (χ0n) is 14.4.